The molecule has 0 aromatic rings. The number of carbonyl (C=O) groups is 1. The molecule has 0 atom stereocenters. The van der Waals surface area contributed by atoms with E-state index in [-0.39, 0.29) is 11.6 Å². The highest BCUT2D eigenvalue weighted by molar-refractivity contribution is 14.1. The lowest BCUT2D eigenvalue weighted by Crippen LogP contribution is -1.96. The Labute approximate surface area is 91.4 Å². The van der Waals surface area contributed by atoms with E-state index in [1.54, 1.807) is 12.3 Å². The third kappa shape index (κ3) is 6.51. The van der Waals surface area contributed by atoms with Gasteiger partial charge in [0.2, 0.25) is 0 Å². The van der Waals surface area contributed by atoms with Gasteiger partial charge < -0.3 is 5.11 Å². The van der Waals surface area contributed by atoms with Gasteiger partial charge in [-0.15, -0.1) is 0 Å². The second-order valence-corrected chi connectivity index (χ2v) is 3.24. The van der Waals surface area contributed by atoms with Crippen molar-refractivity contribution in [2.24, 2.45) is 4.99 Å². The molecule has 0 amide bonds. The van der Waals surface area contributed by atoms with Crippen molar-refractivity contribution in [1.82, 2.24) is 0 Å². The SMILES string of the molecule is CC(C)/N=C/C=C\C(=C/I)C(=O)O. The number of halogens is 1. The van der Waals surface area contributed by atoms with Gasteiger partial charge in [0.1, 0.15) is 0 Å². The zero-order valence-corrected chi connectivity index (χ0v) is 9.72. The van der Waals surface area contributed by atoms with Gasteiger partial charge in [0.05, 0.1) is 5.57 Å². The maximum atomic E-state index is 10.5. The van der Waals surface area contributed by atoms with Crippen LogP contribution in [0.15, 0.2) is 26.8 Å². The van der Waals surface area contributed by atoms with Crippen LogP contribution in [0.5, 0.6) is 0 Å². The summed E-state index contributed by atoms with van der Waals surface area (Å²) in [6, 6.07) is 0.238. The van der Waals surface area contributed by atoms with Crippen LogP contribution < -0.4 is 0 Å². The summed E-state index contributed by atoms with van der Waals surface area (Å²) in [5.74, 6) is -0.927. The molecule has 0 saturated heterocycles. The Kier molecular flexibility index (Phi) is 6.48. The highest BCUT2D eigenvalue weighted by Crippen LogP contribution is 2.00. The summed E-state index contributed by atoms with van der Waals surface area (Å²) in [5.41, 5.74) is 0.260. The average Bonchev–Trinajstić information content (AvgIpc) is 2.03. The van der Waals surface area contributed by atoms with Crippen molar-refractivity contribution in [3.05, 3.63) is 21.8 Å². The zero-order chi connectivity index (χ0) is 10.3. The summed E-state index contributed by atoms with van der Waals surface area (Å²) in [6.45, 7) is 3.91. The Bertz CT molecular complexity index is 254. The molecule has 0 bridgehead atoms. The summed E-state index contributed by atoms with van der Waals surface area (Å²) in [4.78, 5) is 14.5. The molecule has 0 fully saturated rings. The number of aliphatic imine (C=N–C) groups is 1. The van der Waals surface area contributed by atoms with Crippen LogP contribution in [0.3, 0.4) is 0 Å². The summed E-state index contributed by atoms with van der Waals surface area (Å²) < 4.78 is 1.51. The number of carboxylic acid groups (broad SMARTS) is 1. The van der Waals surface area contributed by atoms with E-state index in [4.69, 9.17) is 5.11 Å². The van der Waals surface area contributed by atoms with Gasteiger partial charge in [-0.1, -0.05) is 22.6 Å². The van der Waals surface area contributed by atoms with Crippen LogP contribution in [0, 0.1) is 0 Å². The number of nitrogens with zero attached hydrogens (tertiary/aromatic N) is 1. The Morgan fingerprint density at radius 1 is 1.54 bits per heavy atom. The lowest BCUT2D eigenvalue weighted by molar-refractivity contribution is -0.132. The average molecular weight is 293 g/mol. The molecule has 0 heterocycles. The molecular weight excluding hydrogens is 281 g/mol. The standard InChI is InChI=1S/C9H12INO2/c1-7(2)11-5-3-4-8(6-10)9(12)13/h3-7H,1-2H3,(H,12,13)/b4-3-,8-6+,11-5+. The van der Waals surface area contributed by atoms with E-state index in [0.29, 0.717) is 0 Å². The molecule has 0 aromatic carbocycles. The van der Waals surface area contributed by atoms with E-state index in [1.165, 1.54) is 10.2 Å². The molecule has 4 heteroatoms. The van der Waals surface area contributed by atoms with Crippen molar-refractivity contribution < 1.29 is 9.90 Å². The van der Waals surface area contributed by atoms with E-state index in [0.717, 1.165) is 0 Å². The Hall–Kier alpha value is -0.650. The van der Waals surface area contributed by atoms with Gasteiger partial charge in [0.25, 0.3) is 0 Å². The number of rotatable bonds is 4. The fourth-order valence-electron chi connectivity index (χ4n) is 0.523. The van der Waals surface area contributed by atoms with Gasteiger partial charge in [0, 0.05) is 12.3 Å². The van der Waals surface area contributed by atoms with E-state index < -0.39 is 5.97 Å². The van der Waals surface area contributed by atoms with Crippen LogP contribution in [0.2, 0.25) is 0 Å². The first-order chi connectivity index (χ1) is 6.07. The molecule has 0 spiro atoms. The molecule has 0 aliphatic carbocycles. The Balaban J connectivity index is 4.19. The molecule has 0 aliphatic rings. The summed E-state index contributed by atoms with van der Waals surface area (Å²) in [7, 11) is 0. The highest BCUT2D eigenvalue weighted by atomic mass is 127. The van der Waals surface area contributed by atoms with Crippen LogP contribution in [-0.2, 0) is 4.79 Å². The van der Waals surface area contributed by atoms with Crippen molar-refractivity contribution in [2.75, 3.05) is 0 Å². The molecule has 72 valence electrons. The monoisotopic (exact) mass is 293 g/mol. The quantitative estimate of drug-likeness (QED) is 0.374. The number of hydrogen-bond donors (Lipinski definition) is 1. The topological polar surface area (TPSA) is 49.7 Å². The summed E-state index contributed by atoms with van der Waals surface area (Å²) >= 11 is 1.89. The van der Waals surface area contributed by atoms with Crippen molar-refractivity contribution in [2.45, 2.75) is 19.9 Å². The first kappa shape index (κ1) is 12.3. The fourth-order valence-corrected chi connectivity index (χ4v) is 0.997. The second-order valence-electron chi connectivity index (χ2n) is 2.62. The number of allylic oxidation sites excluding steroid dienone is 1. The highest BCUT2D eigenvalue weighted by Gasteiger charge is 1.99. The first-order valence-electron chi connectivity index (χ1n) is 3.81. The van der Waals surface area contributed by atoms with Crippen LogP contribution in [0.4, 0.5) is 0 Å². The summed E-state index contributed by atoms with van der Waals surface area (Å²) in [6.07, 6.45) is 4.74. The molecule has 0 saturated carbocycles. The van der Waals surface area contributed by atoms with E-state index in [1.807, 2.05) is 36.4 Å². The molecule has 0 rings (SSSR count). The van der Waals surface area contributed by atoms with Crippen molar-refractivity contribution in [1.29, 1.82) is 0 Å². The third-order valence-corrected chi connectivity index (χ3v) is 1.78. The maximum Gasteiger partial charge on any atom is 0.336 e. The lowest BCUT2D eigenvalue weighted by Gasteiger charge is -1.91. The van der Waals surface area contributed by atoms with Gasteiger partial charge >= 0.3 is 5.97 Å². The van der Waals surface area contributed by atoms with Crippen LogP contribution >= 0.6 is 22.6 Å². The zero-order valence-electron chi connectivity index (χ0n) is 7.57. The largest absolute Gasteiger partial charge is 0.478 e. The molecule has 1 N–H and O–H groups in total. The van der Waals surface area contributed by atoms with Gasteiger partial charge in [-0.05, 0) is 30.1 Å². The van der Waals surface area contributed by atoms with Crippen molar-refractivity contribution >= 4 is 34.8 Å². The smallest absolute Gasteiger partial charge is 0.336 e. The molecule has 0 aliphatic heterocycles. The Morgan fingerprint density at radius 3 is 2.54 bits per heavy atom. The molecule has 3 nitrogen and oxygen atoms in total. The van der Waals surface area contributed by atoms with Gasteiger partial charge in [-0.2, -0.15) is 0 Å². The van der Waals surface area contributed by atoms with E-state index in [9.17, 15) is 4.79 Å². The fraction of sp³-hybridized carbons (Fsp3) is 0.333. The number of hydrogen-bond acceptors (Lipinski definition) is 2. The lowest BCUT2D eigenvalue weighted by atomic mass is 10.3. The van der Waals surface area contributed by atoms with E-state index >= 15 is 0 Å². The van der Waals surface area contributed by atoms with Crippen LogP contribution in [0.25, 0.3) is 0 Å². The van der Waals surface area contributed by atoms with E-state index in [2.05, 4.69) is 4.99 Å². The van der Waals surface area contributed by atoms with Crippen LogP contribution in [-0.4, -0.2) is 23.3 Å². The van der Waals surface area contributed by atoms with Crippen LogP contribution in [0.1, 0.15) is 13.8 Å². The Morgan fingerprint density at radius 2 is 2.15 bits per heavy atom. The molecule has 13 heavy (non-hydrogen) atoms. The first-order valence-corrected chi connectivity index (χ1v) is 5.06. The molecule has 0 radical (unpaired) electrons. The van der Waals surface area contributed by atoms with Crippen molar-refractivity contribution in [3.63, 3.8) is 0 Å². The minimum Gasteiger partial charge on any atom is -0.478 e. The summed E-state index contributed by atoms with van der Waals surface area (Å²) in [5, 5.41) is 8.61. The van der Waals surface area contributed by atoms with Gasteiger partial charge in [-0.25, -0.2) is 4.79 Å². The van der Waals surface area contributed by atoms with Gasteiger partial charge in [-0.3, -0.25) is 4.99 Å². The second kappa shape index (κ2) is 6.82. The minimum absolute atomic E-state index is 0.238. The molecule has 0 aromatic heterocycles. The van der Waals surface area contributed by atoms with Crippen molar-refractivity contribution in [3.8, 4) is 0 Å². The number of carboxylic acids is 1. The molecular formula is C9H12INO2. The third-order valence-electron chi connectivity index (χ3n) is 1.11. The van der Waals surface area contributed by atoms with Gasteiger partial charge in [0.15, 0.2) is 0 Å². The predicted molar refractivity (Wildman–Crippen MR) is 62.5 cm³/mol. The maximum absolute atomic E-state index is 10.5. The number of aliphatic carboxylic acids is 1. The molecule has 0 unspecified atom stereocenters. The predicted octanol–water partition coefficient (Wildman–Crippen LogP) is 2.43. The minimum atomic E-state index is -0.927. The normalized spacial score (nSPS) is 13.4.